The molecule has 0 atom stereocenters. The normalized spacial score (nSPS) is 17.9. The third kappa shape index (κ3) is 4.52. The molecule has 1 saturated carbocycles. The van der Waals surface area contributed by atoms with Gasteiger partial charge in [-0.05, 0) is 49.2 Å². The summed E-state index contributed by atoms with van der Waals surface area (Å²) in [5.74, 6) is 0.415. The number of aliphatic carboxylic acids is 1. The number of benzene rings is 2. The zero-order valence-electron chi connectivity index (χ0n) is 16.8. The van der Waals surface area contributed by atoms with Crippen molar-refractivity contribution in [1.82, 2.24) is 0 Å². The molecule has 1 aliphatic rings. The summed E-state index contributed by atoms with van der Waals surface area (Å²) in [6.07, 6.45) is 1.10. The van der Waals surface area contributed by atoms with E-state index in [0.29, 0.717) is 54.3 Å². The molecule has 0 spiro atoms. The molecule has 162 valence electrons. The highest BCUT2D eigenvalue weighted by Gasteiger charge is 2.34. The first-order valence-corrected chi connectivity index (χ1v) is 10.2. The van der Waals surface area contributed by atoms with Gasteiger partial charge in [-0.25, -0.2) is 0 Å². The molecule has 1 fully saturated rings. The molecule has 1 N–H and O–H groups in total. The summed E-state index contributed by atoms with van der Waals surface area (Å²) in [5, 5.41) is 9.50. The molecule has 7 nitrogen and oxygen atoms in total. The van der Waals surface area contributed by atoms with Crippen LogP contribution in [0.5, 0.6) is 11.5 Å². The summed E-state index contributed by atoms with van der Waals surface area (Å²) in [5.41, 5.74) is 0.789. The predicted molar refractivity (Wildman–Crippen MR) is 115 cm³/mol. The highest BCUT2D eigenvalue weighted by Crippen LogP contribution is 2.34. The van der Waals surface area contributed by atoms with Gasteiger partial charge in [-0.15, -0.1) is 0 Å². The Morgan fingerprint density at radius 3 is 2.58 bits per heavy atom. The predicted octanol–water partition coefficient (Wildman–Crippen LogP) is 4.38. The Labute approximate surface area is 183 Å². The van der Waals surface area contributed by atoms with Crippen molar-refractivity contribution < 1.29 is 28.5 Å². The second-order valence-corrected chi connectivity index (χ2v) is 7.68. The summed E-state index contributed by atoms with van der Waals surface area (Å²) in [4.78, 5) is 23.3. The van der Waals surface area contributed by atoms with Gasteiger partial charge in [0, 0.05) is 11.6 Å². The second kappa shape index (κ2) is 8.99. The van der Waals surface area contributed by atoms with Gasteiger partial charge >= 0.3 is 5.97 Å². The maximum absolute atomic E-state index is 12.5. The van der Waals surface area contributed by atoms with Crippen molar-refractivity contribution in [2.24, 2.45) is 5.92 Å². The maximum Gasteiger partial charge on any atom is 0.306 e. The molecule has 4 rings (SSSR count). The average molecular weight is 445 g/mol. The number of fused-ring (bicyclic) bond motifs is 1. The van der Waals surface area contributed by atoms with Gasteiger partial charge in [0.1, 0.15) is 28.9 Å². The number of hydrogen-bond acceptors (Lipinski definition) is 6. The highest BCUT2D eigenvalue weighted by molar-refractivity contribution is 6.36. The van der Waals surface area contributed by atoms with Crippen LogP contribution in [0.2, 0.25) is 5.02 Å². The van der Waals surface area contributed by atoms with E-state index in [9.17, 15) is 9.59 Å². The minimum atomic E-state index is -0.764. The molecule has 0 bridgehead atoms. The largest absolute Gasteiger partial charge is 0.495 e. The number of hydrogen-bond donors (Lipinski definition) is 1. The molecular weight excluding hydrogens is 424 g/mol. The SMILES string of the molecule is COc1ccc2c(=O)cc(-c3ccc(OCCOC4CC(C(=O)O)C4)cc3)oc2c1Cl. The average Bonchev–Trinajstić information content (AvgIpc) is 2.73. The molecule has 0 saturated heterocycles. The molecule has 2 aromatic carbocycles. The Hall–Kier alpha value is -3.03. The van der Waals surface area contributed by atoms with Crippen molar-refractivity contribution in [3.05, 3.63) is 57.7 Å². The maximum atomic E-state index is 12.5. The smallest absolute Gasteiger partial charge is 0.306 e. The highest BCUT2D eigenvalue weighted by atomic mass is 35.5. The number of ether oxygens (including phenoxy) is 3. The summed E-state index contributed by atoms with van der Waals surface area (Å²) in [6, 6.07) is 11.8. The van der Waals surface area contributed by atoms with Gasteiger partial charge in [0.2, 0.25) is 0 Å². The van der Waals surface area contributed by atoms with Gasteiger partial charge in [0.05, 0.1) is 31.1 Å². The third-order valence-corrected chi connectivity index (χ3v) is 5.67. The van der Waals surface area contributed by atoms with E-state index in [4.69, 9.17) is 35.3 Å². The van der Waals surface area contributed by atoms with E-state index in [1.165, 1.54) is 13.2 Å². The van der Waals surface area contributed by atoms with Crippen LogP contribution in [0.4, 0.5) is 0 Å². The van der Waals surface area contributed by atoms with Gasteiger partial charge in [0.15, 0.2) is 11.0 Å². The van der Waals surface area contributed by atoms with E-state index in [0.717, 1.165) is 0 Å². The van der Waals surface area contributed by atoms with Crippen molar-refractivity contribution in [3.8, 4) is 22.8 Å². The van der Waals surface area contributed by atoms with E-state index in [1.54, 1.807) is 36.4 Å². The van der Waals surface area contributed by atoms with E-state index in [1.807, 2.05) is 0 Å². The van der Waals surface area contributed by atoms with Crippen LogP contribution in [-0.2, 0) is 9.53 Å². The lowest BCUT2D eigenvalue weighted by Gasteiger charge is -2.31. The van der Waals surface area contributed by atoms with Gasteiger partial charge in [0.25, 0.3) is 0 Å². The van der Waals surface area contributed by atoms with Crippen LogP contribution in [-0.4, -0.2) is 37.5 Å². The number of rotatable bonds is 8. The molecule has 0 unspecified atom stereocenters. The minimum Gasteiger partial charge on any atom is -0.495 e. The van der Waals surface area contributed by atoms with Gasteiger partial charge < -0.3 is 23.7 Å². The van der Waals surface area contributed by atoms with E-state index in [-0.39, 0.29) is 28.1 Å². The lowest BCUT2D eigenvalue weighted by Crippen LogP contribution is -2.36. The molecule has 8 heteroatoms. The Morgan fingerprint density at radius 2 is 1.90 bits per heavy atom. The molecule has 1 heterocycles. The number of methoxy groups -OCH3 is 1. The van der Waals surface area contributed by atoms with Crippen LogP contribution >= 0.6 is 11.6 Å². The standard InChI is InChI=1S/C23H21ClO7/c1-28-19-7-6-17-18(25)12-20(31-22(17)21(19)24)13-2-4-15(5-3-13)29-8-9-30-16-10-14(11-16)23(26)27/h2-7,12,14,16H,8-11H2,1H3,(H,26,27). The van der Waals surface area contributed by atoms with Crippen LogP contribution in [0.25, 0.3) is 22.3 Å². The molecule has 1 aromatic heterocycles. The summed E-state index contributed by atoms with van der Waals surface area (Å²) in [7, 11) is 1.50. The summed E-state index contributed by atoms with van der Waals surface area (Å²) < 4.78 is 22.4. The van der Waals surface area contributed by atoms with Gasteiger partial charge in [-0.2, -0.15) is 0 Å². The second-order valence-electron chi connectivity index (χ2n) is 7.31. The van der Waals surface area contributed by atoms with Crippen LogP contribution in [0.3, 0.4) is 0 Å². The zero-order valence-corrected chi connectivity index (χ0v) is 17.6. The first-order chi connectivity index (χ1) is 15.0. The fraction of sp³-hybridized carbons (Fsp3) is 0.304. The number of halogens is 1. The van der Waals surface area contributed by atoms with Crippen LogP contribution < -0.4 is 14.9 Å². The van der Waals surface area contributed by atoms with E-state index >= 15 is 0 Å². The van der Waals surface area contributed by atoms with Crippen LogP contribution in [0.15, 0.2) is 51.7 Å². The van der Waals surface area contributed by atoms with E-state index in [2.05, 4.69) is 0 Å². The van der Waals surface area contributed by atoms with Crippen molar-refractivity contribution in [2.45, 2.75) is 18.9 Å². The van der Waals surface area contributed by atoms with Crippen molar-refractivity contribution in [3.63, 3.8) is 0 Å². The number of carboxylic acids is 1. The Balaban J connectivity index is 1.39. The van der Waals surface area contributed by atoms with Gasteiger partial charge in [-0.3, -0.25) is 9.59 Å². The number of carbonyl (C=O) groups is 1. The van der Waals surface area contributed by atoms with Crippen molar-refractivity contribution in [1.29, 1.82) is 0 Å². The Bertz CT molecular complexity index is 1150. The zero-order chi connectivity index (χ0) is 22.0. The molecule has 1 aliphatic carbocycles. The first kappa shape index (κ1) is 21.2. The summed E-state index contributed by atoms with van der Waals surface area (Å²) >= 11 is 6.31. The Kier molecular flexibility index (Phi) is 6.15. The van der Waals surface area contributed by atoms with Crippen LogP contribution in [0.1, 0.15) is 12.8 Å². The molecule has 3 aromatic rings. The monoisotopic (exact) mass is 444 g/mol. The van der Waals surface area contributed by atoms with Crippen LogP contribution in [0, 0.1) is 5.92 Å². The van der Waals surface area contributed by atoms with Crippen molar-refractivity contribution >= 4 is 28.5 Å². The number of carboxylic acid groups (broad SMARTS) is 1. The lowest BCUT2D eigenvalue weighted by atomic mass is 9.82. The summed E-state index contributed by atoms with van der Waals surface area (Å²) in [6.45, 7) is 0.743. The fourth-order valence-electron chi connectivity index (χ4n) is 3.46. The molecule has 0 aliphatic heterocycles. The quantitative estimate of drug-likeness (QED) is 0.515. The van der Waals surface area contributed by atoms with Gasteiger partial charge in [-0.1, -0.05) is 11.6 Å². The first-order valence-electron chi connectivity index (χ1n) is 9.84. The van der Waals surface area contributed by atoms with Crippen molar-refractivity contribution in [2.75, 3.05) is 20.3 Å². The fourth-order valence-corrected chi connectivity index (χ4v) is 3.74. The Morgan fingerprint density at radius 1 is 1.16 bits per heavy atom. The molecular formula is C23H21ClO7. The molecule has 0 radical (unpaired) electrons. The molecule has 31 heavy (non-hydrogen) atoms. The third-order valence-electron chi connectivity index (χ3n) is 5.31. The van der Waals surface area contributed by atoms with E-state index < -0.39 is 5.97 Å². The lowest BCUT2D eigenvalue weighted by molar-refractivity contribution is -0.151. The minimum absolute atomic E-state index is 0.00618. The topological polar surface area (TPSA) is 95.2 Å². The molecule has 0 amide bonds.